The fraction of sp³-hybridized carbons (Fsp3) is 0.917. The van der Waals surface area contributed by atoms with Gasteiger partial charge in [0.2, 0.25) is 5.91 Å². The van der Waals surface area contributed by atoms with Gasteiger partial charge in [0.05, 0.1) is 19.8 Å². The number of hydrogen-bond donors (Lipinski definition) is 1. The summed E-state index contributed by atoms with van der Waals surface area (Å²) in [5.74, 6) is 0.538. The van der Waals surface area contributed by atoms with E-state index >= 15 is 0 Å². The zero-order valence-electron chi connectivity index (χ0n) is 11.5. The van der Waals surface area contributed by atoms with Gasteiger partial charge in [-0.15, -0.1) is 0 Å². The molecule has 0 aliphatic rings. The maximum absolute atomic E-state index is 11.6. The van der Waals surface area contributed by atoms with Crippen molar-refractivity contribution in [2.45, 2.75) is 13.8 Å². The summed E-state index contributed by atoms with van der Waals surface area (Å²) in [4.78, 5) is 13.7. The molecule has 5 heteroatoms. The lowest BCUT2D eigenvalue weighted by Crippen LogP contribution is -2.41. The molecule has 0 radical (unpaired) electrons. The fourth-order valence-electron chi connectivity index (χ4n) is 1.29. The van der Waals surface area contributed by atoms with Gasteiger partial charge in [0.15, 0.2) is 0 Å². The number of nitrogens with one attached hydrogen (secondary N) is 1. The monoisotopic (exact) mass is 246 g/mol. The summed E-state index contributed by atoms with van der Waals surface area (Å²) in [7, 11) is 3.32. The average molecular weight is 246 g/mol. The molecule has 0 aromatic heterocycles. The lowest BCUT2D eigenvalue weighted by Gasteiger charge is -2.21. The topological polar surface area (TPSA) is 50.8 Å². The Balaban J connectivity index is 3.89. The predicted octanol–water partition coefficient (Wildman–Crippen LogP) is 0.353. The van der Waals surface area contributed by atoms with E-state index in [0.29, 0.717) is 25.7 Å². The lowest BCUT2D eigenvalue weighted by molar-refractivity contribution is -0.122. The average Bonchev–Trinajstić information content (AvgIpc) is 2.30. The first-order valence-electron chi connectivity index (χ1n) is 6.07. The number of amides is 1. The number of ether oxygens (including phenoxy) is 2. The Morgan fingerprint density at radius 2 is 1.71 bits per heavy atom. The van der Waals surface area contributed by atoms with Crippen molar-refractivity contribution in [3.63, 3.8) is 0 Å². The van der Waals surface area contributed by atoms with Gasteiger partial charge < -0.3 is 14.8 Å². The second kappa shape index (κ2) is 10.5. The third-order valence-corrected chi connectivity index (χ3v) is 2.30. The van der Waals surface area contributed by atoms with Crippen LogP contribution in [0, 0.1) is 5.92 Å². The van der Waals surface area contributed by atoms with Gasteiger partial charge in [-0.25, -0.2) is 0 Å². The summed E-state index contributed by atoms with van der Waals surface area (Å²) >= 11 is 0. The molecule has 1 N–H and O–H groups in total. The van der Waals surface area contributed by atoms with Gasteiger partial charge >= 0.3 is 0 Å². The zero-order chi connectivity index (χ0) is 13.1. The molecule has 0 rings (SSSR count). The van der Waals surface area contributed by atoms with E-state index in [9.17, 15) is 4.79 Å². The summed E-state index contributed by atoms with van der Waals surface area (Å²) in [6, 6.07) is 0. The van der Waals surface area contributed by atoms with E-state index < -0.39 is 0 Å². The van der Waals surface area contributed by atoms with Crippen LogP contribution in [-0.4, -0.2) is 64.4 Å². The minimum Gasteiger partial charge on any atom is -0.383 e. The molecule has 0 atom stereocenters. The van der Waals surface area contributed by atoms with Crippen LogP contribution in [0.1, 0.15) is 13.8 Å². The number of carbonyl (C=O) groups excluding carboxylic acids is 1. The summed E-state index contributed by atoms with van der Waals surface area (Å²) in [5, 5.41) is 2.90. The molecule has 5 nitrogen and oxygen atoms in total. The Morgan fingerprint density at radius 3 is 2.12 bits per heavy atom. The first-order chi connectivity index (χ1) is 8.10. The van der Waals surface area contributed by atoms with Gasteiger partial charge in [0.1, 0.15) is 0 Å². The molecule has 17 heavy (non-hydrogen) atoms. The Labute approximate surface area is 104 Å². The van der Waals surface area contributed by atoms with Gasteiger partial charge in [-0.1, -0.05) is 13.8 Å². The van der Waals surface area contributed by atoms with E-state index in [1.807, 2.05) is 4.90 Å². The number of nitrogens with zero attached hydrogens (tertiary/aromatic N) is 1. The van der Waals surface area contributed by atoms with Crippen LogP contribution >= 0.6 is 0 Å². The SMILES string of the molecule is COCCN(CCOC)CC(=O)NCC(C)C. The summed E-state index contributed by atoms with van der Waals surface area (Å²) < 4.78 is 10.0. The van der Waals surface area contributed by atoms with E-state index in [1.54, 1.807) is 14.2 Å². The predicted molar refractivity (Wildman–Crippen MR) is 68.0 cm³/mol. The molecule has 102 valence electrons. The van der Waals surface area contributed by atoms with E-state index in [1.165, 1.54) is 0 Å². The molecule has 0 heterocycles. The molecule has 0 aliphatic heterocycles. The minimum absolute atomic E-state index is 0.0610. The fourth-order valence-corrected chi connectivity index (χ4v) is 1.29. The van der Waals surface area contributed by atoms with Crippen LogP contribution in [0.4, 0.5) is 0 Å². The number of rotatable bonds is 10. The molecule has 1 amide bonds. The van der Waals surface area contributed by atoms with Gasteiger partial charge in [-0.3, -0.25) is 9.69 Å². The van der Waals surface area contributed by atoms with Crippen LogP contribution in [0.3, 0.4) is 0 Å². The molecule has 0 unspecified atom stereocenters. The van der Waals surface area contributed by atoms with Gasteiger partial charge in [0.25, 0.3) is 0 Å². The van der Waals surface area contributed by atoms with Gasteiger partial charge in [0, 0.05) is 33.9 Å². The van der Waals surface area contributed by atoms with Crippen molar-refractivity contribution >= 4 is 5.91 Å². The normalized spacial score (nSPS) is 11.2. The molecule has 0 aromatic carbocycles. The van der Waals surface area contributed by atoms with Crippen LogP contribution in [0.2, 0.25) is 0 Å². The van der Waals surface area contributed by atoms with Crippen molar-refractivity contribution in [3.05, 3.63) is 0 Å². The summed E-state index contributed by atoms with van der Waals surface area (Å²) in [5.41, 5.74) is 0. The first kappa shape index (κ1) is 16.4. The van der Waals surface area contributed by atoms with E-state index in [2.05, 4.69) is 19.2 Å². The summed E-state index contributed by atoms with van der Waals surface area (Å²) in [6.45, 7) is 8.02. The quantitative estimate of drug-likeness (QED) is 0.604. The first-order valence-corrected chi connectivity index (χ1v) is 6.07. The highest BCUT2D eigenvalue weighted by molar-refractivity contribution is 5.77. The lowest BCUT2D eigenvalue weighted by atomic mass is 10.2. The van der Waals surface area contributed by atoms with Crippen LogP contribution in [-0.2, 0) is 14.3 Å². The second-order valence-electron chi connectivity index (χ2n) is 4.46. The van der Waals surface area contributed by atoms with E-state index in [4.69, 9.17) is 9.47 Å². The van der Waals surface area contributed by atoms with Crippen molar-refractivity contribution in [2.24, 2.45) is 5.92 Å². The largest absolute Gasteiger partial charge is 0.383 e. The smallest absolute Gasteiger partial charge is 0.234 e. The Bertz CT molecular complexity index is 190. The zero-order valence-corrected chi connectivity index (χ0v) is 11.5. The Morgan fingerprint density at radius 1 is 1.18 bits per heavy atom. The maximum atomic E-state index is 11.6. The van der Waals surface area contributed by atoms with E-state index in [-0.39, 0.29) is 5.91 Å². The number of carbonyl (C=O) groups is 1. The number of methoxy groups -OCH3 is 2. The molecule has 0 saturated carbocycles. The molecular formula is C12H26N2O3. The van der Waals surface area contributed by atoms with Crippen molar-refractivity contribution < 1.29 is 14.3 Å². The Hall–Kier alpha value is -0.650. The highest BCUT2D eigenvalue weighted by Crippen LogP contribution is 1.91. The molecule has 0 saturated heterocycles. The van der Waals surface area contributed by atoms with Crippen LogP contribution in [0.5, 0.6) is 0 Å². The molecule has 0 aliphatic carbocycles. The van der Waals surface area contributed by atoms with Crippen molar-refractivity contribution in [1.82, 2.24) is 10.2 Å². The molecule has 0 spiro atoms. The molecule has 0 aromatic rings. The van der Waals surface area contributed by atoms with Crippen molar-refractivity contribution in [2.75, 3.05) is 53.6 Å². The highest BCUT2D eigenvalue weighted by Gasteiger charge is 2.10. The van der Waals surface area contributed by atoms with Crippen LogP contribution in [0.25, 0.3) is 0 Å². The number of hydrogen-bond acceptors (Lipinski definition) is 4. The summed E-state index contributed by atoms with van der Waals surface area (Å²) in [6.07, 6.45) is 0. The molecule has 0 fully saturated rings. The molecular weight excluding hydrogens is 220 g/mol. The van der Waals surface area contributed by atoms with Crippen LogP contribution in [0.15, 0.2) is 0 Å². The third-order valence-electron chi connectivity index (χ3n) is 2.30. The maximum Gasteiger partial charge on any atom is 0.234 e. The van der Waals surface area contributed by atoms with E-state index in [0.717, 1.165) is 19.6 Å². The van der Waals surface area contributed by atoms with Gasteiger partial charge in [-0.2, -0.15) is 0 Å². The minimum atomic E-state index is 0.0610. The van der Waals surface area contributed by atoms with Crippen molar-refractivity contribution in [3.8, 4) is 0 Å². The Kier molecular flexibility index (Phi) is 10.1. The second-order valence-corrected chi connectivity index (χ2v) is 4.46. The van der Waals surface area contributed by atoms with Crippen LogP contribution < -0.4 is 5.32 Å². The standard InChI is InChI=1S/C12H26N2O3/c1-11(2)9-13-12(15)10-14(5-7-16-3)6-8-17-4/h11H,5-10H2,1-4H3,(H,13,15). The van der Waals surface area contributed by atoms with Gasteiger partial charge in [-0.05, 0) is 5.92 Å². The molecule has 0 bridgehead atoms. The highest BCUT2D eigenvalue weighted by atomic mass is 16.5. The van der Waals surface area contributed by atoms with Crippen molar-refractivity contribution in [1.29, 1.82) is 0 Å². The third kappa shape index (κ3) is 10.2.